The number of rotatable bonds is 9. The highest BCUT2D eigenvalue weighted by atomic mass is 32.1. The van der Waals surface area contributed by atoms with E-state index in [9.17, 15) is 0 Å². The summed E-state index contributed by atoms with van der Waals surface area (Å²) in [4.78, 5) is 13.2. The molecule has 1 aromatic carbocycles. The number of nitrogens with one attached hydrogen (secondary N) is 2. The Labute approximate surface area is 211 Å². The Balaban J connectivity index is 1.31. The SMILES string of the molecule is COc1cc(CCCCN2CCCCCC2)ccc1-c1c(C)sc2cnc(Nc3cn[nH]c3)nc12. The predicted octanol–water partition coefficient (Wildman–Crippen LogP) is 6.34. The Kier molecular flexibility index (Phi) is 7.59. The van der Waals surface area contributed by atoms with E-state index in [-0.39, 0.29) is 0 Å². The first-order valence-electron chi connectivity index (χ1n) is 12.6. The standard InChI is InChI=1S/C27H34N6OS/c1-19-25(26-24(35-19)18-28-27(32-26)31-21-16-29-30-17-21)22-11-10-20(15-23(22)34-2)9-5-8-14-33-12-6-3-4-7-13-33/h10-11,15-18H,3-9,12-14H2,1-2H3,(H,29,30)(H,28,31,32). The van der Waals surface area contributed by atoms with E-state index in [1.165, 1.54) is 68.6 Å². The van der Waals surface area contributed by atoms with Crippen molar-refractivity contribution in [1.29, 1.82) is 0 Å². The van der Waals surface area contributed by atoms with Gasteiger partial charge in [0, 0.05) is 22.2 Å². The first kappa shape index (κ1) is 23.8. The van der Waals surface area contributed by atoms with E-state index < -0.39 is 0 Å². The van der Waals surface area contributed by atoms with Crippen LogP contribution in [0.5, 0.6) is 5.75 Å². The highest BCUT2D eigenvalue weighted by Crippen LogP contribution is 2.42. The molecule has 4 aromatic rings. The molecule has 0 amide bonds. The van der Waals surface area contributed by atoms with Crippen molar-refractivity contribution in [3.05, 3.63) is 47.2 Å². The summed E-state index contributed by atoms with van der Waals surface area (Å²) in [6.45, 7) is 5.92. The first-order chi connectivity index (χ1) is 17.2. The van der Waals surface area contributed by atoms with Gasteiger partial charge in [-0.2, -0.15) is 5.10 Å². The Bertz CT molecular complexity index is 1240. The van der Waals surface area contributed by atoms with Crippen LogP contribution in [0.2, 0.25) is 0 Å². The van der Waals surface area contributed by atoms with Crippen molar-refractivity contribution in [2.75, 3.05) is 32.1 Å². The minimum Gasteiger partial charge on any atom is -0.496 e. The largest absolute Gasteiger partial charge is 0.496 e. The van der Waals surface area contributed by atoms with Gasteiger partial charge >= 0.3 is 0 Å². The molecule has 35 heavy (non-hydrogen) atoms. The zero-order valence-electron chi connectivity index (χ0n) is 20.6. The van der Waals surface area contributed by atoms with Gasteiger partial charge in [-0.1, -0.05) is 25.0 Å². The van der Waals surface area contributed by atoms with E-state index >= 15 is 0 Å². The number of unbranched alkanes of at least 4 members (excludes halogenated alkanes) is 1. The van der Waals surface area contributed by atoms with Crippen LogP contribution in [0.4, 0.5) is 11.6 Å². The monoisotopic (exact) mass is 490 g/mol. The molecule has 8 heteroatoms. The summed E-state index contributed by atoms with van der Waals surface area (Å²) in [6.07, 6.45) is 14.4. The summed E-state index contributed by atoms with van der Waals surface area (Å²) < 4.78 is 6.93. The van der Waals surface area contributed by atoms with Crippen molar-refractivity contribution in [3.8, 4) is 16.9 Å². The van der Waals surface area contributed by atoms with Gasteiger partial charge in [-0.3, -0.25) is 5.10 Å². The van der Waals surface area contributed by atoms with Gasteiger partial charge in [-0.05, 0) is 70.3 Å². The molecule has 7 nitrogen and oxygen atoms in total. The van der Waals surface area contributed by atoms with Gasteiger partial charge in [0.05, 0.1) is 35.4 Å². The second kappa shape index (κ2) is 11.2. The Hall–Kier alpha value is -2.97. The van der Waals surface area contributed by atoms with Gasteiger partial charge in [-0.25, -0.2) is 9.97 Å². The fourth-order valence-corrected chi connectivity index (χ4v) is 5.94. The number of H-pyrrole nitrogens is 1. The average molecular weight is 491 g/mol. The zero-order chi connectivity index (χ0) is 24.0. The number of fused-ring (bicyclic) bond motifs is 1. The molecule has 184 valence electrons. The third-order valence-corrected chi connectivity index (χ3v) is 7.81. The van der Waals surface area contributed by atoms with E-state index in [1.54, 1.807) is 30.8 Å². The number of likely N-dealkylation sites (tertiary alicyclic amines) is 1. The number of thiophene rings is 1. The lowest BCUT2D eigenvalue weighted by atomic mass is 10.00. The number of hydrogen-bond acceptors (Lipinski definition) is 7. The molecular formula is C27H34N6OS. The molecule has 1 saturated heterocycles. The van der Waals surface area contributed by atoms with Crippen LogP contribution in [0.1, 0.15) is 49.0 Å². The van der Waals surface area contributed by atoms with Crippen molar-refractivity contribution in [2.45, 2.75) is 51.9 Å². The maximum Gasteiger partial charge on any atom is 0.227 e. The number of methoxy groups -OCH3 is 1. The van der Waals surface area contributed by atoms with Crippen LogP contribution in [0.15, 0.2) is 36.8 Å². The molecule has 1 aliphatic rings. The molecule has 0 bridgehead atoms. The van der Waals surface area contributed by atoms with Gasteiger partial charge in [-0.15, -0.1) is 11.3 Å². The minimum absolute atomic E-state index is 0.554. The second-order valence-electron chi connectivity index (χ2n) is 9.30. The number of aromatic amines is 1. The first-order valence-corrected chi connectivity index (χ1v) is 13.4. The Morgan fingerprint density at radius 2 is 1.97 bits per heavy atom. The quantitative estimate of drug-likeness (QED) is 0.267. The third kappa shape index (κ3) is 5.65. The van der Waals surface area contributed by atoms with E-state index in [1.807, 2.05) is 6.20 Å². The lowest BCUT2D eigenvalue weighted by Gasteiger charge is -2.19. The fraction of sp³-hybridized carbons (Fsp3) is 0.444. The number of ether oxygens (including phenoxy) is 1. The number of aryl methyl sites for hydroxylation is 2. The van der Waals surface area contributed by atoms with Crippen LogP contribution in [0.25, 0.3) is 21.3 Å². The molecular weight excluding hydrogens is 456 g/mol. The van der Waals surface area contributed by atoms with Crippen LogP contribution in [0, 0.1) is 6.92 Å². The maximum absolute atomic E-state index is 5.87. The molecule has 1 aliphatic heterocycles. The number of anilines is 2. The molecule has 0 atom stereocenters. The summed E-state index contributed by atoms with van der Waals surface area (Å²) in [5, 5.41) is 9.99. The van der Waals surface area contributed by atoms with Crippen molar-refractivity contribution >= 4 is 33.2 Å². The Morgan fingerprint density at radius 1 is 1.11 bits per heavy atom. The number of hydrogen-bond donors (Lipinski definition) is 2. The lowest BCUT2D eigenvalue weighted by Crippen LogP contribution is -2.25. The summed E-state index contributed by atoms with van der Waals surface area (Å²) in [5.74, 6) is 1.46. The topological polar surface area (TPSA) is 79.0 Å². The van der Waals surface area contributed by atoms with Crippen LogP contribution in [0.3, 0.4) is 0 Å². The summed E-state index contributed by atoms with van der Waals surface area (Å²) in [7, 11) is 1.76. The maximum atomic E-state index is 5.87. The van der Waals surface area contributed by atoms with Crippen LogP contribution in [-0.2, 0) is 6.42 Å². The van der Waals surface area contributed by atoms with E-state index in [0.717, 1.165) is 39.2 Å². The van der Waals surface area contributed by atoms with Crippen molar-refractivity contribution < 1.29 is 4.74 Å². The average Bonchev–Trinajstić information content (AvgIpc) is 3.40. The van der Waals surface area contributed by atoms with Gasteiger partial charge in [0.1, 0.15) is 5.75 Å². The van der Waals surface area contributed by atoms with Crippen LogP contribution < -0.4 is 10.1 Å². The predicted molar refractivity (Wildman–Crippen MR) is 144 cm³/mol. The molecule has 0 unspecified atom stereocenters. The van der Waals surface area contributed by atoms with Gasteiger partial charge < -0.3 is 15.0 Å². The number of aromatic nitrogens is 4. The van der Waals surface area contributed by atoms with Gasteiger partial charge in [0.2, 0.25) is 5.95 Å². The molecule has 3 aromatic heterocycles. The smallest absolute Gasteiger partial charge is 0.227 e. The van der Waals surface area contributed by atoms with Crippen LogP contribution in [-0.4, -0.2) is 51.8 Å². The van der Waals surface area contributed by atoms with Crippen molar-refractivity contribution in [3.63, 3.8) is 0 Å². The van der Waals surface area contributed by atoms with Crippen molar-refractivity contribution in [2.24, 2.45) is 0 Å². The van der Waals surface area contributed by atoms with E-state index in [2.05, 4.69) is 50.5 Å². The second-order valence-corrected chi connectivity index (χ2v) is 10.6. The number of nitrogens with zero attached hydrogens (tertiary/aromatic N) is 4. The lowest BCUT2D eigenvalue weighted by molar-refractivity contribution is 0.279. The molecule has 4 heterocycles. The molecule has 1 fully saturated rings. The molecule has 2 N–H and O–H groups in total. The van der Waals surface area contributed by atoms with E-state index in [4.69, 9.17) is 9.72 Å². The highest BCUT2D eigenvalue weighted by molar-refractivity contribution is 7.19. The normalized spacial score (nSPS) is 14.8. The van der Waals surface area contributed by atoms with Crippen molar-refractivity contribution in [1.82, 2.24) is 25.1 Å². The minimum atomic E-state index is 0.554. The van der Waals surface area contributed by atoms with E-state index in [0.29, 0.717) is 5.95 Å². The summed E-state index contributed by atoms with van der Waals surface area (Å²) in [6, 6.07) is 6.65. The highest BCUT2D eigenvalue weighted by Gasteiger charge is 2.18. The summed E-state index contributed by atoms with van der Waals surface area (Å²) in [5.41, 5.74) is 5.30. The molecule has 0 aliphatic carbocycles. The van der Waals surface area contributed by atoms with Crippen LogP contribution >= 0.6 is 11.3 Å². The fourth-order valence-electron chi connectivity index (χ4n) is 4.96. The molecule has 0 saturated carbocycles. The van der Waals surface area contributed by atoms with Gasteiger partial charge in [0.15, 0.2) is 0 Å². The molecule has 5 rings (SSSR count). The van der Waals surface area contributed by atoms with Gasteiger partial charge in [0.25, 0.3) is 0 Å². The summed E-state index contributed by atoms with van der Waals surface area (Å²) >= 11 is 1.71. The molecule has 0 radical (unpaired) electrons. The molecule has 0 spiro atoms. The Morgan fingerprint density at radius 3 is 2.74 bits per heavy atom. The zero-order valence-corrected chi connectivity index (χ0v) is 21.5. The number of benzene rings is 1. The third-order valence-electron chi connectivity index (χ3n) is 6.79.